The lowest BCUT2D eigenvalue weighted by Gasteiger charge is -2.36. The molecule has 2 heteroatoms. The average molecular weight is 567 g/mol. The van der Waals surface area contributed by atoms with Crippen molar-refractivity contribution in [2.75, 3.05) is 0 Å². The first-order valence-electron chi connectivity index (χ1n) is 15.0. The molecule has 0 aromatic carbocycles. The van der Waals surface area contributed by atoms with Gasteiger partial charge in [0.05, 0.1) is 6.10 Å². The standard InChI is InChI=1S/C40H54O2/c1-30(2)17-13-20-33(5)23-15-25-34(6)24-14-21-31(3)18-11-12-19-32(4)22-16-26-35(7)27-28-37-36(8)38(41)29-39(42)40(37,9)10/h11-12,14-19,21-28,39,42H,13,20,29H2,1-10H3/b12-11+,21-14+,22-16+,25-15+,28-27+,31-18+,32-19+,33-23+,34-24+,35-26+. The van der Waals surface area contributed by atoms with Crippen LogP contribution in [0, 0.1) is 5.41 Å². The molecule has 1 rings (SSSR count). The summed E-state index contributed by atoms with van der Waals surface area (Å²) in [6.07, 6.45) is 35.3. The van der Waals surface area contributed by atoms with E-state index in [0.29, 0.717) is 0 Å². The van der Waals surface area contributed by atoms with E-state index in [0.717, 1.165) is 35.1 Å². The van der Waals surface area contributed by atoms with Crippen LogP contribution in [0.5, 0.6) is 0 Å². The summed E-state index contributed by atoms with van der Waals surface area (Å²) < 4.78 is 0. The number of carbonyl (C=O) groups excluding carboxylic acids is 1. The monoisotopic (exact) mass is 566 g/mol. The van der Waals surface area contributed by atoms with E-state index in [2.05, 4.69) is 108 Å². The quantitative estimate of drug-likeness (QED) is 0.178. The van der Waals surface area contributed by atoms with E-state index in [4.69, 9.17) is 0 Å². The van der Waals surface area contributed by atoms with Crippen LogP contribution in [0.25, 0.3) is 0 Å². The molecular formula is C40H54O2. The number of hydrogen-bond acceptors (Lipinski definition) is 2. The molecular weight excluding hydrogens is 512 g/mol. The van der Waals surface area contributed by atoms with Crippen molar-refractivity contribution in [3.05, 3.63) is 142 Å². The molecule has 0 heterocycles. The number of aliphatic hydroxyl groups is 1. The highest BCUT2D eigenvalue weighted by Crippen LogP contribution is 2.39. The van der Waals surface area contributed by atoms with Crippen LogP contribution in [-0.2, 0) is 4.79 Å². The minimum absolute atomic E-state index is 0.0257. The zero-order valence-electron chi connectivity index (χ0n) is 27.8. The van der Waals surface area contributed by atoms with E-state index in [1.165, 1.54) is 22.3 Å². The van der Waals surface area contributed by atoms with Gasteiger partial charge in [0.1, 0.15) is 0 Å². The van der Waals surface area contributed by atoms with Crippen molar-refractivity contribution in [1.29, 1.82) is 0 Å². The van der Waals surface area contributed by atoms with E-state index in [-0.39, 0.29) is 12.2 Å². The van der Waals surface area contributed by atoms with Crippen LogP contribution in [0.2, 0.25) is 0 Å². The van der Waals surface area contributed by atoms with Gasteiger partial charge in [-0.15, -0.1) is 0 Å². The van der Waals surface area contributed by atoms with Gasteiger partial charge in [-0.3, -0.25) is 4.79 Å². The first kappa shape index (κ1) is 36.5. The van der Waals surface area contributed by atoms with Gasteiger partial charge < -0.3 is 5.11 Å². The van der Waals surface area contributed by atoms with Gasteiger partial charge in [0.25, 0.3) is 0 Å². The van der Waals surface area contributed by atoms with Gasteiger partial charge in [-0.1, -0.05) is 145 Å². The Bertz CT molecular complexity index is 1300. The molecule has 0 fully saturated rings. The van der Waals surface area contributed by atoms with Gasteiger partial charge >= 0.3 is 0 Å². The topological polar surface area (TPSA) is 37.3 Å². The van der Waals surface area contributed by atoms with Crippen molar-refractivity contribution in [2.24, 2.45) is 5.41 Å². The van der Waals surface area contributed by atoms with Gasteiger partial charge in [0, 0.05) is 11.8 Å². The molecule has 2 nitrogen and oxygen atoms in total. The fraction of sp³-hybridized carbons (Fsp3) is 0.375. The third-order valence-electron chi connectivity index (χ3n) is 7.34. The van der Waals surface area contributed by atoms with Crippen molar-refractivity contribution in [3.63, 3.8) is 0 Å². The maximum absolute atomic E-state index is 12.2. The second-order valence-corrected chi connectivity index (χ2v) is 12.2. The number of rotatable bonds is 13. The number of ketones is 1. The van der Waals surface area contributed by atoms with Crippen LogP contribution in [0.1, 0.15) is 88.5 Å². The Kier molecular flexibility index (Phi) is 16.4. The Morgan fingerprint density at radius 1 is 0.738 bits per heavy atom. The van der Waals surface area contributed by atoms with Crippen molar-refractivity contribution in [3.8, 4) is 0 Å². The van der Waals surface area contributed by atoms with Crippen LogP contribution >= 0.6 is 0 Å². The highest BCUT2D eigenvalue weighted by Gasteiger charge is 2.38. The maximum Gasteiger partial charge on any atom is 0.161 e. The third-order valence-corrected chi connectivity index (χ3v) is 7.34. The lowest BCUT2D eigenvalue weighted by molar-refractivity contribution is -0.120. The summed E-state index contributed by atoms with van der Waals surface area (Å²) in [5, 5.41) is 10.4. The van der Waals surface area contributed by atoms with Crippen LogP contribution < -0.4 is 0 Å². The molecule has 0 saturated heterocycles. The van der Waals surface area contributed by atoms with Crippen molar-refractivity contribution in [1.82, 2.24) is 0 Å². The van der Waals surface area contributed by atoms with Crippen LogP contribution in [0.15, 0.2) is 142 Å². The minimum Gasteiger partial charge on any atom is -0.392 e. The van der Waals surface area contributed by atoms with Crippen LogP contribution in [0.4, 0.5) is 0 Å². The Balaban J connectivity index is 2.65. The second-order valence-electron chi connectivity index (χ2n) is 12.2. The summed E-state index contributed by atoms with van der Waals surface area (Å²) >= 11 is 0. The highest BCUT2D eigenvalue weighted by atomic mass is 16.3. The van der Waals surface area contributed by atoms with Crippen molar-refractivity contribution >= 4 is 5.78 Å². The Hall–Kier alpha value is -3.49. The van der Waals surface area contributed by atoms with E-state index < -0.39 is 11.5 Å². The van der Waals surface area contributed by atoms with Gasteiger partial charge in [0.15, 0.2) is 5.78 Å². The molecule has 1 atom stereocenters. The van der Waals surface area contributed by atoms with E-state index in [9.17, 15) is 9.90 Å². The molecule has 0 aliphatic heterocycles. The largest absolute Gasteiger partial charge is 0.392 e. The Morgan fingerprint density at radius 3 is 1.69 bits per heavy atom. The molecule has 1 unspecified atom stereocenters. The average Bonchev–Trinajstić information content (AvgIpc) is 2.90. The Morgan fingerprint density at radius 2 is 1.19 bits per heavy atom. The molecule has 1 N–H and O–H groups in total. The van der Waals surface area contributed by atoms with E-state index in [1.54, 1.807) is 0 Å². The molecule has 1 aliphatic rings. The lowest BCUT2D eigenvalue weighted by atomic mass is 9.70. The van der Waals surface area contributed by atoms with Crippen LogP contribution in [-0.4, -0.2) is 17.0 Å². The molecule has 0 saturated carbocycles. The van der Waals surface area contributed by atoms with Crippen LogP contribution in [0.3, 0.4) is 0 Å². The lowest BCUT2D eigenvalue weighted by Crippen LogP contribution is -2.38. The van der Waals surface area contributed by atoms with Crippen molar-refractivity contribution < 1.29 is 9.90 Å². The predicted octanol–water partition coefficient (Wildman–Crippen LogP) is 10.9. The fourth-order valence-electron chi connectivity index (χ4n) is 4.33. The van der Waals surface area contributed by atoms with Crippen molar-refractivity contribution in [2.45, 2.75) is 94.6 Å². The number of hydrogen-bond donors (Lipinski definition) is 1. The molecule has 0 radical (unpaired) electrons. The molecule has 0 bridgehead atoms. The van der Waals surface area contributed by atoms with Gasteiger partial charge in [0.2, 0.25) is 0 Å². The zero-order chi connectivity index (χ0) is 31.7. The number of Topliss-reactive ketones (excluding diaryl/α,β-unsaturated/α-hetero) is 1. The summed E-state index contributed by atoms with van der Waals surface area (Å²) in [4.78, 5) is 12.2. The summed E-state index contributed by atoms with van der Waals surface area (Å²) in [6, 6.07) is 0. The SMILES string of the molecule is CC(C)=CCC/C(C)=C/C=C/C(C)=C/C=C/C(C)=C/C=C/C=C(C)/C=C/C=C(C)/C=C/C1=C(C)C(=O)CC(O)C1(C)C. The number of aliphatic hydroxyl groups excluding tert-OH is 1. The maximum atomic E-state index is 12.2. The normalized spacial score (nSPS) is 20.0. The van der Waals surface area contributed by atoms with Gasteiger partial charge in [-0.25, -0.2) is 0 Å². The Labute approximate surface area is 257 Å². The third kappa shape index (κ3) is 14.4. The smallest absolute Gasteiger partial charge is 0.161 e. The first-order chi connectivity index (χ1) is 19.7. The highest BCUT2D eigenvalue weighted by molar-refractivity contribution is 5.97. The molecule has 0 spiro atoms. The van der Waals surface area contributed by atoms with Gasteiger partial charge in [-0.05, 0) is 79.4 Å². The molecule has 0 aromatic rings. The van der Waals surface area contributed by atoms with E-state index in [1.807, 2.05) is 58.1 Å². The second kappa shape index (κ2) is 18.8. The summed E-state index contributed by atoms with van der Waals surface area (Å²) in [6.45, 7) is 20.6. The first-order valence-corrected chi connectivity index (χ1v) is 15.0. The fourth-order valence-corrected chi connectivity index (χ4v) is 4.33. The number of allylic oxidation sites excluding steroid dienone is 23. The summed E-state index contributed by atoms with van der Waals surface area (Å²) in [5.74, 6) is 0.0257. The minimum atomic E-state index is -0.652. The molecule has 226 valence electrons. The number of carbonyl (C=O) groups is 1. The molecule has 0 amide bonds. The predicted molar refractivity (Wildman–Crippen MR) is 185 cm³/mol. The molecule has 1 aliphatic carbocycles. The van der Waals surface area contributed by atoms with Gasteiger partial charge in [-0.2, -0.15) is 0 Å². The summed E-state index contributed by atoms with van der Waals surface area (Å²) in [7, 11) is 0. The summed E-state index contributed by atoms with van der Waals surface area (Å²) in [5.41, 5.74) is 8.61. The molecule has 42 heavy (non-hydrogen) atoms. The zero-order valence-corrected chi connectivity index (χ0v) is 27.8. The molecule has 0 aromatic heterocycles. The van der Waals surface area contributed by atoms with E-state index >= 15 is 0 Å².